The zero-order valence-electron chi connectivity index (χ0n) is 13.2. The summed E-state index contributed by atoms with van der Waals surface area (Å²) in [7, 11) is 0. The lowest BCUT2D eigenvalue weighted by molar-refractivity contribution is -0.163. The summed E-state index contributed by atoms with van der Waals surface area (Å²) in [5.74, 6) is -0.947. The number of nitrogens with one attached hydrogen (secondary N) is 1. The van der Waals surface area contributed by atoms with Gasteiger partial charge in [0.2, 0.25) is 5.78 Å². The third-order valence-corrected chi connectivity index (χ3v) is 4.63. The first kappa shape index (κ1) is 15.7. The molecule has 0 unspecified atom stereocenters. The Morgan fingerprint density at radius 1 is 1.30 bits per heavy atom. The Hall–Kier alpha value is -2.14. The summed E-state index contributed by atoms with van der Waals surface area (Å²) in [6.07, 6.45) is 4.96. The molecule has 2 aromatic rings. The summed E-state index contributed by atoms with van der Waals surface area (Å²) in [4.78, 5) is 27.5. The van der Waals surface area contributed by atoms with Crippen molar-refractivity contribution in [3.63, 3.8) is 0 Å². The van der Waals surface area contributed by atoms with Gasteiger partial charge >= 0.3 is 5.97 Å². The molecule has 5 nitrogen and oxygen atoms in total. The number of aromatic nitrogens is 1. The van der Waals surface area contributed by atoms with Crippen molar-refractivity contribution in [1.82, 2.24) is 4.98 Å². The molecular formula is C18H21NO4. The van der Waals surface area contributed by atoms with E-state index in [1.165, 1.54) is 0 Å². The molecule has 0 spiro atoms. The number of hydrogen-bond donors (Lipinski definition) is 2. The minimum Gasteiger partial charge on any atom is -0.455 e. The van der Waals surface area contributed by atoms with Crippen LogP contribution in [0.3, 0.4) is 0 Å². The highest BCUT2D eigenvalue weighted by Gasteiger charge is 2.40. The highest BCUT2D eigenvalue weighted by molar-refractivity contribution is 6.09. The molecule has 122 valence electrons. The van der Waals surface area contributed by atoms with Gasteiger partial charge in [-0.2, -0.15) is 0 Å². The summed E-state index contributed by atoms with van der Waals surface area (Å²) in [5, 5.41) is 11.0. The smallest absolute Gasteiger partial charge is 0.338 e. The fraction of sp³-hybridized carbons (Fsp3) is 0.444. The Morgan fingerprint density at radius 3 is 2.74 bits per heavy atom. The van der Waals surface area contributed by atoms with Crippen molar-refractivity contribution < 1.29 is 19.4 Å². The summed E-state index contributed by atoms with van der Waals surface area (Å²) < 4.78 is 5.07. The van der Waals surface area contributed by atoms with Crippen molar-refractivity contribution in [1.29, 1.82) is 0 Å². The molecule has 23 heavy (non-hydrogen) atoms. The van der Waals surface area contributed by atoms with Crippen LogP contribution in [0.4, 0.5) is 0 Å². The molecule has 0 radical (unpaired) electrons. The second kappa shape index (κ2) is 6.16. The van der Waals surface area contributed by atoms with E-state index in [9.17, 15) is 14.7 Å². The van der Waals surface area contributed by atoms with Crippen molar-refractivity contribution >= 4 is 22.7 Å². The zero-order valence-corrected chi connectivity index (χ0v) is 13.2. The number of carbonyl (C=O) groups is 2. The van der Waals surface area contributed by atoms with Gasteiger partial charge in [-0.1, -0.05) is 25.1 Å². The topological polar surface area (TPSA) is 79.4 Å². The average Bonchev–Trinajstić information content (AvgIpc) is 3.19. The van der Waals surface area contributed by atoms with E-state index in [0.717, 1.165) is 35.7 Å². The van der Waals surface area contributed by atoms with Gasteiger partial charge in [0, 0.05) is 22.7 Å². The van der Waals surface area contributed by atoms with E-state index in [-0.39, 0.29) is 12.4 Å². The van der Waals surface area contributed by atoms with Gasteiger partial charge in [-0.25, -0.2) is 4.79 Å². The Morgan fingerprint density at radius 2 is 2.04 bits per heavy atom. The molecule has 0 amide bonds. The number of rotatable bonds is 5. The number of esters is 1. The maximum absolute atomic E-state index is 12.4. The van der Waals surface area contributed by atoms with Crippen LogP contribution in [0.15, 0.2) is 24.4 Å². The largest absolute Gasteiger partial charge is 0.455 e. The van der Waals surface area contributed by atoms with Crippen molar-refractivity contribution in [2.45, 2.75) is 44.6 Å². The van der Waals surface area contributed by atoms with E-state index < -0.39 is 11.6 Å². The third kappa shape index (κ3) is 2.88. The number of carbonyl (C=O) groups excluding carboxylic acids is 2. The van der Waals surface area contributed by atoms with Gasteiger partial charge in [-0.3, -0.25) is 4.79 Å². The van der Waals surface area contributed by atoms with Crippen LogP contribution in [-0.4, -0.2) is 34.1 Å². The molecule has 0 aliphatic heterocycles. The number of Topliss-reactive ketones (excluding diaryl/α,β-unsaturated/α-hetero) is 1. The number of ketones is 1. The average molecular weight is 315 g/mol. The summed E-state index contributed by atoms with van der Waals surface area (Å²) >= 11 is 0. The summed E-state index contributed by atoms with van der Waals surface area (Å²) in [5.41, 5.74) is 1.19. The second-order valence-corrected chi connectivity index (χ2v) is 6.13. The van der Waals surface area contributed by atoms with Crippen molar-refractivity contribution in [3.8, 4) is 0 Å². The number of ether oxygens (including phenoxy) is 1. The quantitative estimate of drug-likeness (QED) is 0.657. The monoisotopic (exact) mass is 315 g/mol. The van der Waals surface area contributed by atoms with Crippen molar-refractivity contribution in [2.75, 3.05) is 6.61 Å². The molecule has 0 saturated heterocycles. The van der Waals surface area contributed by atoms with Crippen LogP contribution >= 0.6 is 0 Å². The SMILES string of the molecule is CCc1cccc2c(C(=O)COC(=O)C3(O)CCCC3)c[nH]c12. The van der Waals surface area contributed by atoms with Gasteiger partial charge in [0.25, 0.3) is 0 Å². The van der Waals surface area contributed by atoms with Gasteiger partial charge in [-0.15, -0.1) is 0 Å². The number of fused-ring (bicyclic) bond motifs is 1. The van der Waals surface area contributed by atoms with E-state index in [0.29, 0.717) is 18.4 Å². The molecule has 1 aromatic heterocycles. The van der Waals surface area contributed by atoms with Crippen molar-refractivity contribution in [2.24, 2.45) is 0 Å². The Kier molecular flexibility index (Phi) is 4.22. The lowest BCUT2D eigenvalue weighted by atomic mass is 10.0. The maximum atomic E-state index is 12.4. The lowest BCUT2D eigenvalue weighted by Gasteiger charge is -2.19. The highest BCUT2D eigenvalue weighted by atomic mass is 16.6. The van der Waals surface area contributed by atoms with Crippen LogP contribution in [0.1, 0.15) is 48.5 Å². The van der Waals surface area contributed by atoms with Crippen LogP contribution < -0.4 is 0 Å². The van der Waals surface area contributed by atoms with E-state index >= 15 is 0 Å². The van der Waals surface area contributed by atoms with Crippen LogP contribution in [0, 0.1) is 0 Å². The number of aromatic amines is 1. The van der Waals surface area contributed by atoms with E-state index in [4.69, 9.17) is 4.74 Å². The van der Waals surface area contributed by atoms with E-state index in [2.05, 4.69) is 11.9 Å². The van der Waals surface area contributed by atoms with Crippen LogP contribution in [-0.2, 0) is 16.0 Å². The molecule has 1 aliphatic rings. The molecule has 1 aliphatic carbocycles. The molecule has 1 heterocycles. The van der Waals surface area contributed by atoms with Gasteiger partial charge in [0.15, 0.2) is 12.2 Å². The molecule has 1 aromatic carbocycles. The molecule has 0 bridgehead atoms. The van der Waals surface area contributed by atoms with Crippen LogP contribution in [0.25, 0.3) is 10.9 Å². The Bertz CT molecular complexity index is 741. The number of para-hydroxylation sites is 1. The minimum absolute atomic E-state index is 0.264. The minimum atomic E-state index is -1.41. The molecule has 3 rings (SSSR count). The highest BCUT2D eigenvalue weighted by Crippen LogP contribution is 2.30. The number of aryl methyl sites for hydroxylation is 1. The number of hydrogen-bond acceptors (Lipinski definition) is 4. The van der Waals surface area contributed by atoms with E-state index in [1.807, 2.05) is 18.2 Å². The molecular weight excluding hydrogens is 294 g/mol. The van der Waals surface area contributed by atoms with Gasteiger partial charge in [0.05, 0.1) is 0 Å². The predicted molar refractivity (Wildman–Crippen MR) is 86.4 cm³/mol. The Balaban J connectivity index is 1.73. The number of benzene rings is 1. The summed E-state index contributed by atoms with van der Waals surface area (Å²) in [6.45, 7) is 1.71. The number of aliphatic hydroxyl groups is 1. The second-order valence-electron chi connectivity index (χ2n) is 6.13. The fourth-order valence-electron chi connectivity index (χ4n) is 3.25. The van der Waals surface area contributed by atoms with E-state index in [1.54, 1.807) is 6.20 Å². The molecule has 0 atom stereocenters. The van der Waals surface area contributed by atoms with Crippen molar-refractivity contribution in [3.05, 3.63) is 35.5 Å². The first-order chi connectivity index (χ1) is 11.0. The lowest BCUT2D eigenvalue weighted by Crippen LogP contribution is -2.37. The maximum Gasteiger partial charge on any atom is 0.338 e. The predicted octanol–water partition coefficient (Wildman–Crippen LogP) is 2.76. The number of H-pyrrole nitrogens is 1. The fourth-order valence-corrected chi connectivity index (χ4v) is 3.25. The zero-order chi connectivity index (χ0) is 16.4. The van der Waals surface area contributed by atoms with Gasteiger partial charge < -0.3 is 14.8 Å². The molecule has 1 saturated carbocycles. The summed E-state index contributed by atoms with van der Waals surface area (Å²) in [6, 6.07) is 5.81. The Labute approximate surface area is 134 Å². The first-order valence-electron chi connectivity index (χ1n) is 8.07. The molecule has 2 N–H and O–H groups in total. The third-order valence-electron chi connectivity index (χ3n) is 4.63. The van der Waals surface area contributed by atoms with Crippen LogP contribution in [0.2, 0.25) is 0 Å². The van der Waals surface area contributed by atoms with Crippen LogP contribution in [0.5, 0.6) is 0 Å². The molecule has 1 fully saturated rings. The first-order valence-corrected chi connectivity index (χ1v) is 8.07. The normalized spacial score (nSPS) is 16.6. The standard InChI is InChI=1S/C18H21NO4/c1-2-12-6-5-7-13-14(10-19-16(12)13)15(20)11-23-17(21)18(22)8-3-4-9-18/h5-7,10,19,22H,2-4,8-9,11H2,1H3. The van der Waals surface area contributed by atoms with Gasteiger partial charge in [-0.05, 0) is 37.7 Å². The molecule has 5 heteroatoms. The van der Waals surface area contributed by atoms with Gasteiger partial charge in [0.1, 0.15) is 0 Å².